The Labute approximate surface area is 118 Å². The van der Waals surface area contributed by atoms with Crippen LogP contribution in [0.25, 0.3) is 0 Å². The molecule has 112 valence electrons. The SMILES string of the molecule is CC(=O)N1CCN(C(=O)CN2CCC(C(=O)O)C2)CC1. The summed E-state index contributed by atoms with van der Waals surface area (Å²) in [6.07, 6.45) is 0.612. The Morgan fingerprint density at radius 2 is 1.65 bits per heavy atom. The molecule has 0 aliphatic carbocycles. The van der Waals surface area contributed by atoms with Gasteiger partial charge in [-0.25, -0.2) is 0 Å². The Balaban J connectivity index is 1.76. The topological polar surface area (TPSA) is 81.2 Å². The van der Waals surface area contributed by atoms with Crippen molar-refractivity contribution >= 4 is 17.8 Å². The lowest BCUT2D eigenvalue weighted by Gasteiger charge is -2.35. The van der Waals surface area contributed by atoms with Crippen molar-refractivity contribution in [2.45, 2.75) is 13.3 Å². The Hall–Kier alpha value is -1.63. The van der Waals surface area contributed by atoms with Crippen LogP contribution in [0, 0.1) is 5.92 Å². The fraction of sp³-hybridized carbons (Fsp3) is 0.769. The zero-order valence-electron chi connectivity index (χ0n) is 11.7. The number of piperazine rings is 1. The van der Waals surface area contributed by atoms with Gasteiger partial charge >= 0.3 is 5.97 Å². The first-order chi connectivity index (χ1) is 9.47. The third kappa shape index (κ3) is 3.47. The zero-order valence-corrected chi connectivity index (χ0v) is 11.7. The van der Waals surface area contributed by atoms with Gasteiger partial charge in [0.2, 0.25) is 11.8 Å². The molecule has 2 fully saturated rings. The molecule has 0 spiro atoms. The molecule has 2 rings (SSSR count). The number of carbonyl (C=O) groups excluding carboxylic acids is 2. The molecule has 1 unspecified atom stereocenters. The second-order valence-electron chi connectivity index (χ2n) is 5.45. The predicted molar refractivity (Wildman–Crippen MR) is 71.0 cm³/mol. The summed E-state index contributed by atoms with van der Waals surface area (Å²) in [7, 11) is 0. The molecule has 0 radical (unpaired) electrons. The molecular formula is C13H21N3O4. The highest BCUT2D eigenvalue weighted by Gasteiger charge is 2.30. The van der Waals surface area contributed by atoms with Gasteiger partial charge in [0.05, 0.1) is 12.5 Å². The summed E-state index contributed by atoms with van der Waals surface area (Å²) >= 11 is 0. The molecule has 2 saturated heterocycles. The third-order valence-electron chi connectivity index (χ3n) is 4.06. The van der Waals surface area contributed by atoms with Gasteiger partial charge < -0.3 is 14.9 Å². The van der Waals surface area contributed by atoms with E-state index in [1.54, 1.807) is 9.80 Å². The maximum Gasteiger partial charge on any atom is 0.307 e. The molecule has 2 amide bonds. The molecule has 2 heterocycles. The van der Waals surface area contributed by atoms with Crippen molar-refractivity contribution in [3.8, 4) is 0 Å². The standard InChI is InChI=1S/C13H21N3O4/c1-10(17)15-4-6-16(7-5-15)12(18)9-14-3-2-11(8-14)13(19)20/h11H,2-9H2,1H3,(H,19,20). The minimum Gasteiger partial charge on any atom is -0.481 e. The highest BCUT2D eigenvalue weighted by Crippen LogP contribution is 2.16. The van der Waals surface area contributed by atoms with Crippen molar-refractivity contribution in [2.75, 3.05) is 45.8 Å². The number of carboxylic acid groups (broad SMARTS) is 1. The van der Waals surface area contributed by atoms with Gasteiger partial charge in [-0.15, -0.1) is 0 Å². The highest BCUT2D eigenvalue weighted by molar-refractivity contribution is 5.79. The van der Waals surface area contributed by atoms with E-state index in [1.165, 1.54) is 6.92 Å². The fourth-order valence-electron chi connectivity index (χ4n) is 2.74. The molecule has 0 bridgehead atoms. The summed E-state index contributed by atoms with van der Waals surface area (Å²) in [6, 6.07) is 0. The van der Waals surface area contributed by atoms with E-state index in [9.17, 15) is 14.4 Å². The number of likely N-dealkylation sites (tertiary alicyclic amines) is 1. The number of aliphatic carboxylic acids is 1. The molecule has 0 aromatic heterocycles. The highest BCUT2D eigenvalue weighted by atomic mass is 16.4. The van der Waals surface area contributed by atoms with Crippen LogP contribution in [-0.2, 0) is 14.4 Å². The largest absolute Gasteiger partial charge is 0.481 e. The number of rotatable bonds is 3. The summed E-state index contributed by atoms with van der Waals surface area (Å²) in [4.78, 5) is 39.6. The van der Waals surface area contributed by atoms with E-state index < -0.39 is 5.97 Å². The smallest absolute Gasteiger partial charge is 0.307 e. The van der Waals surface area contributed by atoms with Crippen molar-refractivity contribution in [1.29, 1.82) is 0 Å². The average Bonchev–Trinajstić information content (AvgIpc) is 2.87. The normalized spacial score (nSPS) is 23.9. The molecule has 7 nitrogen and oxygen atoms in total. The van der Waals surface area contributed by atoms with Gasteiger partial charge in [0.15, 0.2) is 0 Å². The Kier molecular flexibility index (Phi) is 4.59. The summed E-state index contributed by atoms with van der Waals surface area (Å²) in [5, 5.41) is 8.94. The summed E-state index contributed by atoms with van der Waals surface area (Å²) in [5.41, 5.74) is 0. The Morgan fingerprint density at radius 3 is 2.15 bits per heavy atom. The van der Waals surface area contributed by atoms with E-state index in [0.717, 1.165) is 0 Å². The number of hydrogen-bond acceptors (Lipinski definition) is 4. The lowest BCUT2D eigenvalue weighted by molar-refractivity contribution is -0.142. The number of hydrogen-bond donors (Lipinski definition) is 1. The van der Waals surface area contributed by atoms with E-state index in [0.29, 0.717) is 45.7 Å². The van der Waals surface area contributed by atoms with Crippen LogP contribution in [0.4, 0.5) is 0 Å². The van der Waals surface area contributed by atoms with Gasteiger partial charge in [-0.2, -0.15) is 0 Å². The Bertz CT molecular complexity index is 404. The summed E-state index contributed by atoms with van der Waals surface area (Å²) in [6.45, 7) is 5.23. The van der Waals surface area contributed by atoms with Crippen LogP contribution >= 0.6 is 0 Å². The molecule has 20 heavy (non-hydrogen) atoms. The molecule has 2 aliphatic heterocycles. The fourth-order valence-corrected chi connectivity index (χ4v) is 2.74. The lowest BCUT2D eigenvalue weighted by atomic mass is 10.1. The molecule has 7 heteroatoms. The van der Waals surface area contributed by atoms with Crippen LogP contribution in [0.15, 0.2) is 0 Å². The van der Waals surface area contributed by atoms with Crippen LogP contribution < -0.4 is 0 Å². The second kappa shape index (κ2) is 6.21. The van der Waals surface area contributed by atoms with Gasteiger partial charge in [0.25, 0.3) is 0 Å². The minimum absolute atomic E-state index is 0.0271. The molecule has 0 saturated carbocycles. The first-order valence-corrected chi connectivity index (χ1v) is 6.96. The van der Waals surface area contributed by atoms with Gasteiger partial charge in [0, 0.05) is 39.6 Å². The average molecular weight is 283 g/mol. The van der Waals surface area contributed by atoms with Crippen molar-refractivity contribution in [2.24, 2.45) is 5.92 Å². The van der Waals surface area contributed by atoms with Crippen molar-refractivity contribution in [1.82, 2.24) is 14.7 Å². The number of amides is 2. The summed E-state index contributed by atoms with van der Waals surface area (Å²) < 4.78 is 0. The van der Waals surface area contributed by atoms with E-state index in [2.05, 4.69) is 0 Å². The molecule has 1 atom stereocenters. The predicted octanol–water partition coefficient (Wildman–Crippen LogP) is -0.916. The van der Waals surface area contributed by atoms with Crippen LogP contribution in [0.3, 0.4) is 0 Å². The third-order valence-corrected chi connectivity index (χ3v) is 4.06. The van der Waals surface area contributed by atoms with Gasteiger partial charge in [-0.1, -0.05) is 0 Å². The van der Waals surface area contributed by atoms with Crippen LogP contribution in [0.5, 0.6) is 0 Å². The number of carboxylic acids is 1. The lowest BCUT2D eigenvalue weighted by Crippen LogP contribution is -2.52. The monoisotopic (exact) mass is 283 g/mol. The van der Waals surface area contributed by atoms with Crippen molar-refractivity contribution < 1.29 is 19.5 Å². The van der Waals surface area contributed by atoms with E-state index in [1.807, 2.05) is 4.90 Å². The number of carbonyl (C=O) groups is 3. The molecular weight excluding hydrogens is 262 g/mol. The molecule has 0 aromatic rings. The number of nitrogens with zero attached hydrogens (tertiary/aromatic N) is 3. The molecule has 2 aliphatic rings. The van der Waals surface area contributed by atoms with Crippen molar-refractivity contribution in [3.05, 3.63) is 0 Å². The van der Waals surface area contributed by atoms with Crippen molar-refractivity contribution in [3.63, 3.8) is 0 Å². The molecule has 0 aromatic carbocycles. The maximum atomic E-state index is 12.1. The van der Waals surface area contributed by atoms with E-state index in [4.69, 9.17) is 5.11 Å². The minimum atomic E-state index is -0.782. The van der Waals surface area contributed by atoms with Crippen LogP contribution in [0.2, 0.25) is 0 Å². The second-order valence-corrected chi connectivity index (χ2v) is 5.45. The van der Waals surface area contributed by atoms with E-state index in [-0.39, 0.29) is 24.3 Å². The first-order valence-electron chi connectivity index (χ1n) is 6.96. The van der Waals surface area contributed by atoms with Gasteiger partial charge in [-0.05, 0) is 13.0 Å². The van der Waals surface area contributed by atoms with Gasteiger partial charge in [-0.3, -0.25) is 19.3 Å². The van der Waals surface area contributed by atoms with E-state index >= 15 is 0 Å². The first kappa shape index (κ1) is 14.8. The van der Waals surface area contributed by atoms with Crippen LogP contribution in [0.1, 0.15) is 13.3 Å². The quantitative estimate of drug-likeness (QED) is 0.725. The zero-order chi connectivity index (χ0) is 14.7. The molecule has 1 N–H and O–H groups in total. The Morgan fingerprint density at radius 1 is 1.05 bits per heavy atom. The summed E-state index contributed by atoms with van der Waals surface area (Å²) in [5.74, 6) is -1.06. The van der Waals surface area contributed by atoms with Crippen LogP contribution in [-0.4, -0.2) is 83.4 Å². The van der Waals surface area contributed by atoms with Gasteiger partial charge in [0.1, 0.15) is 0 Å². The maximum absolute atomic E-state index is 12.1.